The quantitative estimate of drug-likeness (QED) is 0.656. The molecule has 4 heteroatoms. The summed E-state index contributed by atoms with van der Waals surface area (Å²) >= 11 is 0. The average molecular weight is 304 g/mol. The molecule has 0 amide bonds. The van der Waals surface area contributed by atoms with Crippen molar-refractivity contribution in [3.63, 3.8) is 0 Å². The summed E-state index contributed by atoms with van der Waals surface area (Å²) in [6.45, 7) is 9.23. The maximum absolute atomic E-state index is 6.02. The lowest BCUT2D eigenvalue weighted by Crippen LogP contribution is -2.25. The Morgan fingerprint density at radius 2 is 1.95 bits per heavy atom. The maximum atomic E-state index is 6.02. The Kier molecular flexibility index (Phi) is 7.92. The SMILES string of the molecule is CC.CCNC(=NC)c1cc(C2CCC(C)CC2)cnc1N. The lowest BCUT2D eigenvalue weighted by atomic mass is 9.79. The molecule has 1 heterocycles. The summed E-state index contributed by atoms with van der Waals surface area (Å²) in [4.78, 5) is 8.67. The van der Waals surface area contributed by atoms with Gasteiger partial charge in [0.1, 0.15) is 11.7 Å². The molecule has 0 saturated heterocycles. The number of nitrogen functional groups attached to an aromatic ring is 1. The zero-order valence-corrected chi connectivity index (χ0v) is 14.8. The minimum atomic E-state index is 0.555. The predicted molar refractivity (Wildman–Crippen MR) is 96.5 cm³/mol. The van der Waals surface area contributed by atoms with Crippen molar-refractivity contribution >= 4 is 11.7 Å². The zero-order chi connectivity index (χ0) is 16.5. The third-order valence-electron chi connectivity index (χ3n) is 4.25. The van der Waals surface area contributed by atoms with E-state index in [9.17, 15) is 0 Å². The smallest absolute Gasteiger partial charge is 0.134 e. The van der Waals surface area contributed by atoms with Crippen LogP contribution in [0.5, 0.6) is 0 Å². The minimum Gasteiger partial charge on any atom is -0.383 e. The van der Waals surface area contributed by atoms with Crippen LogP contribution in [-0.2, 0) is 0 Å². The van der Waals surface area contributed by atoms with Crippen molar-refractivity contribution in [3.05, 3.63) is 23.4 Å². The molecule has 0 spiro atoms. The molecule has 1 fully saturated rings. The number of anilines is 1. The van der Waals surface area contributed by atoms with Gasteiger partial charge >= 0.3 is 0 Å². The summed E-state index contributed by atoms with van der Waals surface area (Å²) in [6, 6.07) is 2.17. The Morgan fingerprint density at radius 1 is 1.32 bits per heavy atom. The second-order valence-electron chi connectivity index (χ2n) is 5.76. The first-order chi connectivity index (χ1) is 10.7. The van der Waals surface area contributed by atoms with Gasteiger partial charge in [0, 0.05) is 19.8 Å². The summed E-state index contributed by atoms with van der Waals surface area (Å²) in [7, 11) is 1.78. The first-order valence-electron chi connectivity index (χ1n) is 8.62. The van der Waals surface area contributed by atoms with Crippen molar-refractivity contribution in [1.29, 1.82) is 0 Å². The number of nitrogens with zero attached hydrogens (tertiary/aromatic N) is 2. The van der Waals surface area contributed by atoms with E-state index in [-0.39, 0.29) is 0 Å². The van der Waals surface area contributed by atoms with Crippen LogP contribution in [0.4, 0.5) is 5.82 Å². The number of amidine groups is 1. The van der Waals surface area contributed by atoms with Crippen molar-refractivity contribution < 1.29 is 0 Å². The van der Waals surface area contributed by atoms with Crippen LogP contribution in [0.25, 0.3) is 0 Å². The first kappa shape index (κ1) is 18.5. The van der Waals surface area contributed by atoms with E-state index >= 15 is 0 Å². The van der Waals surface area contributed by atoms with E-state index in [1.165, 1.54) is 31.2 Å². The fourth-order valence-corrected chi connectivity index (χ4v) is 2.96. The standard InChI is InChI=1S/C16H26N4.C2H6/c1-4-19-16(18-3)14-9-13(10-20-15(14)17)12-7-5-11(2)6-8-12;1-2/h9-12H,4-8H2,1-3H3,(H2,17,20)(H,18,19);1-2H3. The highest BCUT2D eigenvalue weighted by Crippen LogP contribution is 2.35. The normalized spacial score (nSPS) is 21.8. The van der Waals surface area contributed by atoms with E-state index in [2.05, 4.69) is 35.2 Å². The number of aliphatic imine (C=N–C) groups is 1. The van der Waals surface area contributed by atoms with Crippen LogP contribution in [0, 0.1) is 5.92 Å². The highest BCUT2D eigenvalue weighted by Gasteiger charge is 2.21. The van der Waals surface area contributed by atoms with Gasteiger partial charge in [-0.2, -0.15) is 0 Å². The average Bonchev–Trinajstić information content (AvgIpc) is 2.56. The molecule has 0 bridgehead atoms. The molecular formula is C18H32N4. The van der Waals surface area contributed by atoms with E-state index in [1.54, 1.807) is 7.05 Å². The number of hydrogen-bond donors (Lipinski definition) is 2. The molecule has 0 aliphatic heterocycles. The van der Waals surface area contributed by atoms with Gasteiger partial charge < -0.3 is 11.1 Å². The lowest BCUT2D eigenvalue weighted by molar-refractivity contribution is 0.347. The Morgan fingerprint density at radius 3 is 2.50 bits per heavy atom. The molecule has 1 saturated carbocycles. The molecule has 124 valence electrons. The van der Waals surface area contributed by atoms with Gasteiger partial charge in [-0.3, -0.25) is 4.99 Å². The van der Waals surface area contributed by atoms with Crippen molar-refractivity contribution in [3.8, 4) is 0 Å². The largest absolute Gasteiger partial charge is 0.383 e. The molecule has 1 aromatic rings. The highest BCUT2D eigenvalue weighted by atomic mass is 15.0. The predicted octanol–water partition coefficient (Wildman–Crippen LogP) is 3.97. The van der Waals surface area contributed by atoms with Crippen LogP contribution in [0.1, 0.15) is 70.4 Å². The third-order valence-corrected chi connectivity index (χ3v) is 4.25. The number of hydrogen-bond acceptors (Lipinski definition) is 3. The molecule has 4 nitrogen and oxygen atoms in total. The van der Waals surface area contributed by atoms with Gasteiger partial charge in [-0.25, -0.2) is 4.98 Å². The number of pyridine rings is 1. The van der Waals surface area contributed by atoms with Gasteiger partial charge in [-0.15, -0.1) is 0 Å². The van der Waals surface area contributed by atoms with Gasteiger partial charge in [0.2, 0.25) is 0 Å². The van der Waals surface area contributed by atoms with Crippen LogP contribution in [0.2, 0.25) is 0 Å². The van der Waals surface area contributed by atoms with E-state index in [4.69, 9.17) is 5.73 Å². The Bertz CT molecular complexity index is 474. The molecule has 2 rings (SSSR count). The van der Waals surface area contributed by atoms with Crippen LogP contribution >= 0.6 is 0 Å². The second kappa shape index (κ2) is 9.44. The minimum absolute atomic E-state index is 0.555. The summed E-state index contributed by atoms with van der Waals surface area (Å²) in [5, 5.41) is 3.26. The zero-order valence-electron chi connectivity index (χ0n) is 14.8. The Hall–Kier alpha value is -1.58. The van der Waals surface area contributed by atoms with Crippen molar-refractivity contribution in [2.75, 3.05) is 19.3 Å². The number of rotatable bonds is 3. The van der Waals surface area contributed by atoms with Gasteiger partial charge in [0.15, 0.2) is 0 Å². The van der Waals surface area contributed by atoms with Crippen LogP contribution in [-0.4, -0.2) is 24.4 Å². The maximum Gasteiger partial charge on any atom is 0.134 e. The molecule has 0 unspecified atom stereocenters. The molecule has 1 aromatic heterocycles. The van der Waals surface area contributed by atoms with E-state index in [0.29, 0.717) is 11.7 Å². The summed E-state index contributed by atoms with van der Waals surface area (Å²) in [5.41, 5.74) is 8.26. The van der Waals surface area contributed by atoms with Crippen molar-refractivity contribution in [2.24, 2.45) is 10.9 Å². The number of aromatic nitrogens is 1. The topological polar surface area (TPSA) is 63.3 Å². The summed E-state index contributed by atoms with van der Waals surface area (Å²) < 4.78 is 0. The fourth-order valence-electron chi connectivity index (χ4n) is 2.96. The lowest BCUT2D eigenvalue weighted by Gasteiger charge is -2.26. The number of nitrogens with two attached hydrogens (primary N) is 1. The van der Waals surface area contributed by atoms with Crippen LogP contribution in [0.15, 0.2) is 17.3 Å². The molecule has 1 aliphatic rings. The summed E-state index contributed by atoms with van der Waals surface area (Å²) in [6.07, 6.45) is 7.08. The summed E-state index contributed by atoms with van der Waals surface area (Å²) in [5.74, 6) is 2.88. The Balaban J connectivity index is 0.00000116. The molecular weight excluding hydrogens is 272 g/mol. The Labute approximate surface area is 135 Å². The van der Waals surface area contributed by atoms with Gasteiger partial charge in [-0.1, -0.05) is 33.6 Å². The molecule has 22 heavy (non-hydrogen) atoms. The highest BCUT2D eigenvalue weighted by molar-refractivity contribution is 6.02. The molecule has 3 N–H and O–H groups in total. The second-order valence-corrected chi connectivity index (χ2v) is 5.76. The molecule has 1 aliphatic carbocycles. The van der Waals surface area contributed by atoms with E-state index < -0.39 is 0 Å². The van der Waals surface area contributed by atoms with Crippen molar-refractivity contribution in [1.82, 2.24) is 10.3 Å². The van der Waals surface area contributed by atoms with Crippen molar-refractivity contribution in [2.45, 2.75) is 59.3 Å². The first-order valence-corrected chi connectivity index (χ1v) is 8.62. The van der Waals surface area contributed by atoms with Gasteiger partial charge in [-0.05, 0) is 43.2 Å². The van der Waals surface area contributed by atoms with Crippen LogP contribution in [0.3, 0.4) is 0 Å². The van der Waals surface area contributed by atoms with E-state index in [1.807, 2.05) is 20.0 Å². The van der Waals surface area contributed by atoms with Crippen LogP contribution < -0.4 is 11.1 Å². The van der Waals surface area contributed by atoms with Gasteiger partial charge in [0.05, 0.1) is 5.56 Å². The van der Waals surface area contributed by atoms with E-state index in [0.717, 1.165) is 23.9 Å². The van der Waals surface area contributed by atoms with Gasteiger partial charge in [0.25, 0.3) is 0 Å². The molecule has 0 radical (unpaired) electrons. The fraction of sp³-hybridized carbons (Fsp3) is 0.667. The molecule has 0 aromatic carbocycles. The monoisotopic (exact) mass is 304 g/mol. The molecule has 0 atom stereocenters. The number of nitrogens with one attached hydrogen (secondary N) is 1. The third kappa shape index (κ3) is 4.72.